The molecule has 0 bridgehead atoms. The lowest BCUT2D eigenvalue weighted by molar-refractivity contribution is -0.134. The number of carbonyl (C=O) groups is 1. The van der Waals surface area contributed by atoms with Crippen molar-refractivity contribution in [3.8, 4) is 0 Å². The van der Waals surface area contributed by atoms with E-state index in [-0.39, 0.29) is 11.9 Å². The summed E-state index contributed by atoms with van der Waals surface area (Å²) in [6.45, 7) is 10.9. The second-order valence-corrected chi connectivity index (χ2v) is 11.1. The summed E-state index contributed by atoms with van der Waals surface area (Å²) in [6.07, 6.45) is 4.16. The summed E-state index contributed by atoms with van der Waals surface area (Å²) in [6, 6.07) is 23.8. The van der Waals surface area contributed by atoms with Crippen LogP contribution in [0.25, 0.3) is 0 Å². The number of rotatable bonds is 6. The van der Waals surface area contributed by atoms with Gasteiger partial charge in [-0.1, -0.05) is 66.2 Å². The van der Waals surface area contributed by atoms with Crippen LogP contribution < -0.4 is 0 Å². The molecule has 4 nitrogen and oxygen atoms in total. The zero-order valence-electron chi connectivity index (χ0n) is 22.7. The SMILES string of the molecule is Cc1ccc(C)c([C@@H]2CC(c3ccc(C)c(C)c3)=NN2C(=O)CN2CCC(Cc3ccccc3)CC2)c1. The highest BCUT2D eigenvalue weighted by molar-refractivity contribution is 6.03. The van der Waals surface area contributed by atoms with E-state index in [0.29, 0.717) is 12.5 Å². The van der Waals surface area contributed by atoms with Crippen molar-refractivity contribution in [1.82, 2.24) is 9.91 Å². The van der Waals surface area contributed by atoms with Gasteiger partial charge >= 0.3 is 0 Å². The fraction of sp³-hybridized carbons (Fsp3) is 0.394. The Morgan fingerprint density at radius 3 is 2.32 bits per heavy atom. The maximum Gasteiger partial charge on any atom is 0.257 e. The van der Waals surface area contributed by atoms with E-state index in [4.69, 9.17) is 5.10 Å². The Morgan fingerprint density at radius 2 is 1.59 bits per heavy atom. The van der Waals surface area contributed by atoms with Crippen LogP contribution in [-0.2, 0) is 11.2 Å². The number of amides is 1. The van der Waals surface area contributed by atoms with Crippen LogP contribution in [-0.4, -0.2) is 41.2 Å². The molecule has 0 spiro atoms. The van der Waals surface area contributed by atoms with Gasteiger partial charge in [-0.2, -0.15) is 5.10 Å². The second kappa shape index (κ2) is 11.0. The third-order valence-electron chi connectivity index (χ3n) is 8.23. The van der Waals surface area contributed by atoms with Gasteiger partial charge in [-0.15, -0.1) is 0 Å². The lowest BCUT2D eigenvalue weighted by Gasteiger charge is -2.33. The van der Waals surface area contributed by atoms with Gasteiger partial charge in [0.1, 0.15) is 0 Å². The predicted octanol–water partition coefficient (Wildman–Crippen LogP) is 6.55. The first kappa shape index (κ1) is 25.4. The van der Waals surface area contributed by atoms with Gasteiger partial charge in [0.15, 0.2) is 0 Å². The number of hydrogen-bond donors (Lipinski definition) is 0. The molecule has 192 valence electrons. The van der Waals surface area contributed by atoms with Crippen molar-refractivity contribution in [2.45, 2.75) is 59.4 Å². The highest BCUT2D eigenvalue weighted by Crippen LogP contribution is 2.35. The lowest BCUT2D eigenvalue weighted by Crippen LogP contribution is -2.42. The number of aryl methyl sites for hydroxylation is 4. The van der Waals surface area contributed by atoms with E-state index in [1.54, 1.807) is 5.01 Å². The Morgan fingerprint density at radius 1 is 0.865 bits per heavy atom. The van der Waals surface area contributed by atoms with E-state index >= 15 is 0 Å². The van der Waals surface area contributed by atoms with Gasteiger partial charge < -0.3 is 0 Å². The van der Waals surface area contributed by atoms with Gasteiger partial charge in [0, 0.05) is 6.42 Å². The van der Waals surface area contributed by atoms with Gasteiger partial charge in [-0.25, -0.2) is 5.01 Å². The molecule has 1 saturated heterocycles. The first-order chi connectivity index (χ1) is 17.9. The standard InChI is InChI=1S/C33H39N3O/c1-23-10-11-25(3)30(18-23)32-21-31(29-13-12-24(2)26(4)19-29)34-36(32)33(37)22-35-16-14-28(15-17-35)20-27-8-6-5-7-9-27/h5-13,18-19,28,32H,14-17,20-22H2,1-4H3/t32-/m0/s1. The molecule has 0 aromatic heterocycles. The van der Waals surface area contributed by atoms with Crippen LogP contribution >= 0.6 is 0 Å². The summed E-state index contributed by atoms with van der Waals surface area (Å²) in [4.78, 5) is 16.1. The van der Waals surface area contributed by atoms with E-state index in [0.717, 1.165) is 50.0 Å². The van der Waals surface area contributed by atoms with E-state index < -0.39 is 0 Å². The molecular weight excluding hydrogens is 454 g/mol. The molecule has 4 heteroatoms. The smallest absolute Gasteiger partial charge is 0.257 e. The van der Waals surface area contributed by atoms with Crippen LogP contribution in [0.1, 0.15) is 64.2 Å². The van der Waals surface area contributed by atoms with Crippen molar-refractivity contribution < 1.29 is 4.79 Å². The molecule has 2 aliphatic rings. The monoisotopic (exact) mass is 493 g/mol. The molecule has 1 fully saturated rings. The van der Waals surface area contributed by atoms with Crippen LogP contribution in [0.3, 0.4) is 0 Å². The third-order valence-corrected chi connectivity index (χ3v) is 8.23. The van der Waals surface area contributed by atoms with Gasteiger partial charge in [-0.05, 0) is 105 Å². The Balaban J connectivity index is 1.31. The predicted molar refractivity (Wildman–Crippen MR) is 152 cm³/mol. The van der Waals surface area contributed by atoms with Gasteiger partial charge in [0.05, 0.1) is 18.3 Å². The van der Waals surface area contributed by atoms with Crippen molar-refractivity contribution in [2.24, 2.45) is 11.0 Å². The summed E-state index contributed by atoms with van der Waals surface area (Å²) < 4.78 is 0. The summed E-state index contributed by atoms with van der Waals surface area (Å²) in [5.74, 6) is 0.795. The molecule has 1 amide bonds. The number of hydrazone groups is 1. The molecule has 3 aromatic carbocycles. The minimum absolute atomic E-state index is 0.0559. The summed E-state index contributed by atoms with van der Waals surface area (Å²) in [7, 11) is 0. The normalized spacial score (nSPS) is 18.8. The molecule has 0 N–H and O–H groups in total. The van der Waals surface area contributed by atoms with Gasteiger partial charge in [0.25, 0.3) is 5.91 Å². The number of piperidine rings is 1. The van der Waals surface area contributed by atoms with Gasteiger partial charge in [0.2, 0.25) is 0 Å². The molecule has 0 saturated carbocycles. The number of hydrogen-bond acceptors (Lipinski definition) is 3. The van der Waals surface area contributed by atoms with Crippen LogP contribution in [0.2, 0.25) is 0 Å². The fourth-order valence-electron chi connectivity index (χ4n) is 5.76. The van der Waals surface area contributed by atoms with Crippen LogP contribution in [0, 0.1) is 33.6 Å². The maximum atomic E-state index is 13.7. The highest BCUT2D eigenvalue weighted by Gasteiger charge is 2.35. The number of nitrogens with zero attached hydrogens (tertiary/aromatic N) is 3. The van der Waals surface area contributed by atoms with E-state index in [1.165, 1.54) is 33.4 Å². The average molecular weight is 494 g/mol. The maximum absolute atomic E-state index is 13.7. The van der Waals surface area contributed by atoms with Crippen LogP contribution in [0.4, 0.5) is 0 Å². The molecule has 0 unspecified atom stereocenters. The summed E-state index contributed by atoms with van der Waals surface area (Å²) >= 11 is 0. The second-order valence-electron chi connectivity index (χ2n) is 11.1. The van der Waals surface area contributed by atoms with E-state index in [9.17, 15) is 4.79 Å². The lowest BCUT2D eigenvalue weighted by atomic mass is 9.90. The minimum Gasteiger partial charge on any atom is -0.294 e. The molecule has 2 aliphatic heterocycles. The van der Waals surface area contributed by atoms with Crippen molar-refractivity contribution in [1.29, 1.82) is 0 Å². The van der Waals surface area contributed by atoms with Crippen molar-refractivity contribution in [3.63, 3.8) is 0 Å². The first-order valence-corrected chi connectivity index (χ1v) is 13.7. The van der Waals surface area contributed by atoms with Crippen molar-refractivity contribution in [2.75, 3.05) is 19.6 Å². The average Bonchev–Trinajstić information content (AvgIpc) is 3.34. The van der Waals surface area contributed by atoms with Crippen molar-refractivity contribution in [3.05, 3.63) is 106 Å². The van der Waals surface area contributed by atoms with E-state index in [1.807, 2.05) is 0 Å². The Kier molecular flexibility index (Phi) is 7.57. The minimum atomic E-state index is -0.0559. The van der Waals surface area contributed by atoms with Crippen molar-refractivity contribution >= 4 is 11.6 Å². The molecule has 0 aliphatic carbocycles. The molecule has 5 rings (SSSR count). The summed E-state index contributed by atoms with van der Waals surface area (Å²) in [5, 5.41) is 6.76. The summed E-state index contributed by atoms with van der Waals surface area (Å²) in [5.41, 5.74) is 9.71. The third kappa shape index (κ3) is 5.86. The molecule has 1 atom stereocenters. The fourth-order valence-corrected chi connectivity index (χ4v) is 5.76. The first-order valence-electron chi connectivity index (χ1n) is 13.7. The van der Waals surface area contributed by atoms with Crippen LogP contribution in [0.5, 0.6) is 0 Å². The molecular formula is C33H39N3O. The Bertz CT molecular complexity index is 1290. The topological polar surface area (TPSA) is 35.9 Å². The molecule has 2 heterocycles. The zero-order chi connectivity index (χ0) is 25.9. The van der Waals surface area contributed by atoms with Crippen LogP contribution in [0.15, 0.2) is 71.8 Å². The Hall–Kier alpha value is -3.24. The van der Waals surface area contributed by atoms with E-state index in [2.05, 4.69) is 99.3 Å². The largest absolute Gasteiger partial charge is 0.294 e. The van der Waals surface area contributed by atoms with Gasteiger partial charge in [-0.3, -0.25) is 9.69 Å². The number of benzene rings is 3. The molecule has 37 heavy (non-hydrogen) atoms. The number of carbonyl (C=O) groups excluding carboxylic acids is 1. The zero-order valence-corrected chi connectivity index (χ0v) is 22.7. The molecule has 3 aromatic rings. The molecule has 0 radical (unpaired) electrons. The quantitative estimate of drug-likeness (QED) is 0.390. The Labute approximate surface area is 222 Å². The number of likely N-dealkylation sites (tertiary alicyclic amines) is 1. The highest BCUT2D eigenvalue weighted by atomic mass is 16.2.